The van der Waals surface area contributed by atoms with Crippen LogP contribution in [0.15, 0.2) is 35.3 Å². The molecule has 0 saturated carbocycles. The fraction of sp³-hybridized carbons (Fsp3) is 0.222. The Kier molecular flexibility index (Phi) is 4.73. The van der Waals surface area contributed by atoms with Gasteiger partial charge in [0.05, 0.1) is 28.0 Å². The Labute approximate surface area is 150 Å². The van der Waals surface area contributed by atoms with Crippen LogP contribution in [-0.4, -0.2) is 29.7 Å². The molecule has 0 bridgehead atoms. The second-order valence-corrected chi connectivity index (χ2v) is 6.96. The molecule has 24 heavy (non-hydrogen) atoms. The van der Waals surface area contributed by atoms with E-state index in [-0.39, 0.29) is 0 Å². The normalized spacial score (nSPS) is 11.4. The quantitative estimate of drug-likeness (QED) is 0.450. The summed E-state index contributed by atoms with van der Waals surface area (Å²) in [6.07, 6.45) is 1.79. The van der Waals surface area contributed by atoms with Crippen LogP contribution < -0.4 is 4.74 Å². The summed E-state index contributed by atoms with van der Waals surface area (Å²) in [7, 11) is 3.89. The number of halogens is 1. The lowest BCUT2D eigenvalue weighted by molar-refractivity contribution is 0.497. The summed E-state index contributed by atoms with van der Waals surface area (Å²) < 4.78 is 10.5. The van der Waals surface area contributed by atoms with Gasteiger partial charge >= 0.3 is 0 Å². The molecule has 6 heteroatoms. The maximum Gasteiger partial charge on any atom is 0.209 e. The highest BCUT2D eigenvalue weighted by Gasteiger charge is 2.13. The largest absolute Gasteiger partial charge is 0.444 e. The van der Waals surface area contributed by atoms with Crippen molar-refractivity contribution < 1.29 is 4.74 Å². The van der Waals surface area contributed by atoms with E-state index in [9.17, 15) is 0 Å². The van der Waals surface area contributed by atoms with Gasteiger partial charge in [0.15, 0.2) is 0 Å². The Hall–Kier alpha value is -2.11. The van der Waals surface area contributed by atoms with Gasteiger partial charge in [-0.05, 0) is 49.2 Å². The lowest BCUT2D eigenvalue weighted by Crippen LogP contribution is -2.07. The average Bonchev–Trinajstić information content (AvgIpc) is 2.93. The minimum atomic E-state index is 0.651. The predicted molar refractivity (Wildman–Crippen MR) is 102 cm³/mol. The average molecular weight is 360 g/mol. The first-order chi connectivity index (χ1) is 11.5. The van der Waals surface area contributed by atoms with Crippen molar-refractivity contribution in [2.45, 2.75) is 13.8 Å². The number of ether oxygens (including phenoxy) is 1. The molecule has 0 N–H and O–H groups in total. The van der Waals surface area contributed by atoms with Gasteiger partial charge in [-0.3, -0.25) is 0 Å². The van der Waals surface area contributed by atoms with Crippen molar-refractivity contribution in [2.75, 3.05) is 14.1 Å². The molecule has 2 aromatic carbocycles. The van der Waals surface area contributed by atoms with Gasteiger partial charge in [0.2, 0.25) is 5.06 Å². The molecule has 124 valence electrons. The maximum absolute atomic E-state index is 6.30. The first kappa shape index (κ1) is 16.7. The Morgan fingerprint density at radius 3 is 2.75 bits per heavy atom. The first-order valence-corrected chi connectivity index (χ1v) is 8.64. The Bertz CT molecular complexity index is 918. The zero-order valence-corrected chi connectivity index (χ0v) is 15.6. The fourth-order valence-corrected chi connectivity index (χ4v) is 3.38. The number of hydrogen-bond donors (Lipinski definition) is 0. The van der Waals surface area contributed by atoms with Gasteiger partial charge in [0, 0.05) is 25.6 Å². The summed E-state index contributed by atoms with van der Waals surface area (Å²) in [4.78, 5) is 6.39. The van der Waals surface area contributed by atoms with E-state index in [4.69, 9.17) is 16.3 Å². The SMILES string of the molecule is Cc1cc(Oc2snc3cccc(Cl)c23)c(C)cc1/N=C\N(C)C. The van der Waals surface area contributed by atoms with Crippen molar-refractivity contribution in [3.63, 3.8) is 0 Å². The third kappa shape index (κ3) is 3.37. The molecule has 4 nitrogen and oxygen atoms in total. The van der Waals surface area contributed by atoms with Crippen LogP contribution in [-0.2, 0) is 0 Å². The zero-order chi connectivity index (χ0) is 17.3. The molecule has 0 aliphatic carbocycles. The van der Waals surface area contributed by atoms with Crippen LogP contribution >= 0.6 is 23.1 Å². The van der Waals surface area contributed by atoms with Crippen LogP contribution in [0, 0.1) is 13.8 Å². The summed E-state index contributed by atoms with van der Waals surface area (Å²) in [6, 6.07) is 9.70. The van der Waals surface area contributed by atoms with Gasteiger partial charge in [-0.2, -0.15) is 4.37 Å². The maximum atomic E-state index is 6.30. The molecular formula is C18H18ClN3OS. The van der Waals surface area contributed by atoms with Gasteiger partial charge in [-0.1, -0.05) is 17.7 Å². The number of rotatable bonds is 4. The monoisotopic (exact) mass is 359 g/mol. The van der Waals surface area contributed by atoms with Crippen molar-refractivity contribution >= 4 is 46.1 Å². The summed E-state index contributed by atoms with van der Waals surface area (Å²) in [5.41, 5.74) is 3.85. The van der Waals surface area contributed by atoms with Crippen LogP contribution in [0.5, 0.6) is 10.8 Å². The molecule has 0 radical (unpaired) electrons. The number of aromatic nitrogens is 1. The third-order valence-corrected chi connectivity index (χ3v) is 4.60. The van der Waals surface area contributed by atoms with E-state index in [1.54, 1.807) is 6.34 Å². The molecule has 0 fully saturated rings. The molecule has 3 aromatic rings. The van der Waals surface area contributed by atoms with Crippen LogP contribution in [0.3, 0.4) is 0 Å². The lowest BCUT2D eigenvalue weighted by Gasteiger charge is -2.11. The molecule has 3 rings (SSSR count). The van der Waals surface area contributed by atoms with Gasteiger partial charge in [-0.15, -0.1) is 0 Å². The molecule has 0 amide bonds. The molecule has 1 heterocycles. The first-order valence-electron chi connectivity index (χ1n) is 7.49. The van der Waals surface area contributed by atoms with Crippen molar-refractivity contribution in [3.05, 3.63) is 46.5 Å². The van der Waals surface area contributed by atoms with Gasteiger partial charge in [-0.25, -0.2) is 4.99 Å². The van der Waals surface area contributed by atoms with E-state index >= 15 is 0 Å². The molecule has 0 atom stereocenters. The lowest BCUT2D eigenvalue weighted by atomic mass is 10.1. The Balaban J connectivity index is 1.97. The highest BCUT2D eigenvalue weighted by Crippen LogP contribution is 2.40. The van der Waals surface area contributed by atoms with Crippen LogP contribution in [0.4, 0.5) is 5.69 Å². The number of nitrogens with zero attached hydrogens (tertiary/aromatic N) is 3. The van der Waals surface area contributed by atoms with E-state index in [0.29, 0.717) is 10.1 Å². The molecule has 0 aliphatic heterocycles. The minimum Gasteiger partial charge on any atom is -0.444 e. The van der Waals surface area contributed by atoms with Crippen molar-refractivity contribution in [3.8, 4) is 10.8 Å². The number of hydrogen-bond acceptors (Lipinski definition) is 4. The number of aryl methyl sites for hydroxylation is 2. The fourth-order valence-electron chi connectivity index (χ4n) is 2.30. The minimum absolute atomic E-state index is 0.651. The second kappa shape index (κ2) is 6.79. The summed E-state index contributed by atoms with van der Waals surface area (Å²) in [5, 5.41) is 2.22. The van der Waals surface area contributed by atoms with E-state index in [1.807, 2.05) is 63.2 Å². The zero-order valence-electron chi connectivity index (χ0n) is 14.0. The number of benzene rings is 2. The van der Waals surface area contributed by atoms with Crippen LogP contribution in [0.25, 0.3) is 10.9 Å². The van der Waals surface area contributed by atoms with Crippen LogP contribution in [0.1, 0.15) is 11.1 Å². The second-order valence-electron chi connectivity index (χ2n) is 5.82. The Morgan fingerprint density at radius 2 is 2.00 bits per heavy atom. The van der Waals surface area contributed by atoms with E-state index < -0.39 is 0 Å². The highest BCUT2D eigenvalue weighted by atomic mass is 35.5. The predicted octanol–water partition coefficient (Wildman–Crippen LogP) is 5.58. The molecular weight excluding hydrogens is 342 g/mol. The Morgan fingerprint density at radius 1 is 1.21 bits per heavy atom. The van der Waals surface area contributed by atoms with Crippen molar-refractivity contribution in [1.29, 1.82) is 0 Å². The van der Waals surface area contributed by atoms with Gasteiger partial charge in [0.25, 0.3) is 0 Å². The third-order valence-electron chi connectivity index (χ3n) is 3.55. The highest BCUT2D eigenvalue weighted by molar-refractivity contribution is 7.09. The van der Waals surface area contributed by atoms with Crippen molar-refractivity contribution in [2.24, 2.45) is 4.99 Å². The van der Waals surface area contributed by atoms with E-state index in [1.165, 1.54) is 11.5 Å². The molecule has 0 unspecified atom stereocenters. The molecule has 0 aliphatic rings. The number of fused-ring (bicyclic) bond motifs is 1. The summed E-state index contributed by atoms with van der Waals surface area (Å²) in [6.45, 7) is 4.03. The molecule has 0 spiro atoms. The summed E-state index contributed by atoms with van der Waals surface area (Å²) >= 11 is 7.61. The molecule has 1 aromatic heterocycles. The van der Waals surface area contributed by atoms with E-state index in [2.05, 4.69) is 9.37 Å². The topological polar surface area (TPSA) is 37.7 Å². The van der Waals surface area contributed by atoms with Gasteiger partial charge < -0.3 is 9.64 Å². The summed E-state index contributed by atoms with van der Waals surface area (Å²) in [5.74, 6) is 0.793. The van der Waals surface area contributed by atoms with Gasteiger partial charge in [0.1, 0.15) is 5.75 Å². The smallest absolute Gasteiger partial charge is 0.209 e. The van der Waals surface area contributed by atoms with Crippen molar-refractivity contribution in [1.82, 2.24) is 9.27 Å². The standard InChI is InChI=1S/C18H18ClN3OS/c1-11-9-16(12(2)8-15(11)20-10-22(3)4)23-18-17-13(19)6-5-7-14(17)21-24-18/h5-10H,1-4H3/b20-10-. The number of aliphatic imine (C=N–C) groups is 1. The van der Waals surface area contributed by atoms with Crippen LogP contribution in [0.2, 0.25) is 5.02 Å². The molecule has 0 saturated heterocycles. The van der Waals surface area contributed by atoms with E-state index in [0.717, 1.165) is 33.5 Å².